The van der Waals surface area contributed by atoms with E-state index < -0.39 is 0 Å². The molecule has 0 atom stereocenters. The zero-order chi connectivity index (χ0) is 35.6. The number of furan rings is 1. The van der Waals surface area contributed by atoms with E-state index in [0.29, 0.717) is 0 Å². The highest BCUT2D eigenvalue weighted by molar-refractivity contribution is 6.14. The third kappa shape index (κ3) is 4.87. The van der Waals surface area contributed by atoms with Gasteiger partial charge >= 0.3 is 0 Å². The summed E-state index contributed by atoms with van der Waals surface area (Å²) in [4.78, 5) is 5.26. The topological polar surface area (TPSA) is 31.0 Å². The van der Waals surface area contributed by atoms with Crippen LogP contribution in [0.4, 0.5) is 0 Å². The molecule has 0 aliphatic rings. The van der Waals surface area contributed by atoms with E-state index in [1.165, 1.54) is 32.9 Å². The van der Waals surface area contributed by atoms with Crippen molar-refractivity contribution in [3.63, 3.8) is 0 Å². The minimum atomic E-state index is 0.852. The Bertz CT molecular complexity index is 3190. The monoisotopic (exact) mass is 688 g/mol. The maximum Gasteiger partial charge on any atom is 0.136 e. The zero-order valence-corrected chi connectivity index (χ0v) is 29.3. The summed E-state index contributed by atoms with van der Waals surface area (Å²) in [5.41, 5.74) is 15.2. The van der Waals surface area contributed by atoms with Crippen LogP contribution in [0.15, 0.2) is 199 Å². The Morgan fingerprint density at radius 2 is 1.00 bits per heavy atom. The molecule has 252 valence electrons. The van der Waals surface area contributed by atoms with Crippen molar-refractivity contribution >= 4 is 54.6 Å². The third-order valence-electron chi connectivity index (χ3n) is 10.8. The molecule has 0 saturated heterocycles. The lowest BCUT2D eigenvalue weighted by Gasteiger charge is -2.12. The molecule has 54 heavy (non-hydrogen) atoms. The molecule has 3 heteroatoms. The summed E-state index contributed by atoms with van der Waals surface area (Å²) < 4.78 is 8.87. The number of hydrogen-bond acceptors (Lipinski definition) is 2. The van der Waals surface area contributed by atoms with Crippen LogP contribution in [0.5, 0.6) is 0 Å². The van der Waals surface area contributed by atoms with Gasteiger partial charge in [0.2, 0.25) is 0 Å². The molecule has 0 bridgehead atoms. The van der Waals surface area contributed by atoms with Gasteiger partial charge in [-0.3, -0.25) is 0 Å². The average molecular weight is 689 g/mol. The third-order valence-corrected chi connectivity index (χ3v) is 10.8. The first-order valence-corrected chi connectivity index (χ1v) is 18.4. The Labute approximate surface area is 312 Å². The predicted octanol–water partition coefficient (Wildman–Crippen LogP) is 13.9. The summed E-state index contributed by atoms with van der Waals surface area (Å²) in [6.45, 7) is 0. The van der Waals surface area contributed by atoms with Gasteiger partial charge < -0.3 is 8.98 Å². The normalized spacial score (nSPS) is 11.7. The van der Waals surface area contributed by atoms with Gasteiger partial charge in [-0.15, -0.1) is 0 Å². The van der Waals surface area contributed by atoms with Gasteiger partial charge in [0.05, 0.1) is 22.2 Å². The molecule has 8 aromatic carbocycles. The first-order chi connectivity index (χ1) is 26.8. The molecule has 0 unspecified atom stereocenters. The second kappa shape index (κ2) is 12.2. The van der Waals surface area contributed by atoms with E-state index in [1.54, 1.807) is 0 Å². The minimum absolute atomic E-state index is 0.852. The van der Waals surface area contributed by atoms with E-state index in [2.05, 4.69) is 199 Å². The maximum absolute atomic E-state index is 6.51. The van der Waals surface area contributed by atoms with Crippen molar-refractivity contribution in [2.24, 2.45) is 0 Å². The summed E-state index contributed by atoms with van der Waals surface area (Å²) in [5, 5.41) is 5.75. The van der Waals surface area contributed by atoms with Crippen molar-refractivity contribution in [2.75, 3.05) is 0 Å². The number of nitrogens with zero attached hydrogens (tertiary/aromatic N) is 2. The molecule has 11 rings (SSSR count). The van der Waals surface area contributed by atoms with E-state index in [4.69, 9.17) is 9.40 Å². The molecule has 11 aromatic rings. The van der Waals surface area contributed by atoms with Crippen molar-refractivity contribution in [1.82, 2.24) is 9.55 Å². The Morgan fingerprint density at radius 1 is 0.370 bits per heavy atom. The molecular weight excluding hydrogens is 657 g/mol. The molecule has 3 nitrogen and oxygen atoms in total. The van der Waals surface area contributed by atoms with Crippen LogP contribution in [0.2, 0.25) is 0 Å². The minimum Gasteiger partial charge on any atom is -0.456 e. The highest BCUT2D eigenvalue weighted by Crippen LogP contribution is 2.41. The molecular formula is C51H32N2O. The molecule has 0 saturated carbocycles. The molecule has 0 amide bonds. The van der Waals surface area contributed by atoms with Gasteiger partial charge in [0.15, 0.2) is 0 Å². The van der Waals surface area contributed by atoms with Crippen LogP contribution in [0.25, 0.3) is 105 Å². The van der Waals surface area contributed by atoms with Crippen LogP contribution in [0.3, 0.4) is 0 Å². The standard InChI is InChI=1S/C51H32N2O/c1-3-12-33(13-4-1)34-22-24-35(25-23-34)42-32-46(52-45-19-9-7-16-39(42)45)41-18-11-21-50-51(41)44-31-37(27-29-49(44)54-50)36-26-28-48-43(30-36)40-17-8-10-20-47(40)53(48)38-14-5-2-6-15-38/h1-32H. The summed E-state index contributed by atoms with van der Waals surface area (Å²) in [6, 6.07) is 69.1. The Morgan fingerprint density at radius 3 is 1.83 bits per heavy atom. The van der Waals surface area contributed by atoms with Gasteiger partial charge in [-0.2, -0.15) is 0 Å². The number of benzene rings is 8. The van der Waals surface area contributed by atoms with Crippen LogP contribution < -0.4 is 0 Å². The second-order valence-corrected chi connectivity index (χ2v) is 13.9. The molecule has 0 fully saturated rings. The molecule has 3 aromatic heterocycles. The number of fused-ring (bicyclic) bond motifs is 7. The van der Waals surface area contributed by atoms with Gasteiger partial charge in [-0.25, -0.2) is 4.98 Å². The van der Waals surface area contributed by atoms with Crippen molar-refractivity contribution < 1.29 is 4.42 Å². The van der Waals surface area contributed by atoms with Crippen molar-refractivity contribution in [3.05, 3.63) is 194 Å². The Balaban J connectivity index is 1.07. The number of pyridine rings is 1. The van der Waals surface area contributed by atoms with Gasteiger partial charge in [0.25, 0.3) is 0 Å². The molecule has 0 aliphatic carbocycles. The van der Waals surface area contributed by atoms with Crippen LogP contribution in [0, 0.1) is 0 Å². The van der Waals surface area contributed by atoms with Gasteiger partial charge in [0.1, 0.15) is 11.2 Å². The summed E-state index contributed by atoms with van der Waals surface area (Å²) in [5.74, 6) is 0. The first-order valence-electron chi connectivity index (χ1n) is 18.4. The number of hydrogen-bond donors (Lipinski definition) is 0. The average Bonchev–Trinajstić information content (AvgIpc) is 3.79. The Hall–Kier alpha value is -7.23. The fourth-order valence-corrected chi connectivity index (χ4v) is 8.25. The smallest absolute Gasteiger partial charge is 0.136 e. The highest BCUT2D eigenvalue weighted by atomic mass is 16.3. The predicted molar refractivity (Wildman–Crippen MR) is 225 cm³/mol. The van der Waals surface area contributed by atoms with E-state index >= 15 is 0 Å². The molecule has 0 N–H and O–H groups in total. The quantitative estimate of drug-likeness (QED) is 0.180. The van der Waals surface area contributed by atoms with Crippen molar-refractivity contribution in [1.29, 1.82) is 0 Å². The zero-order valence-electron chi connectivity index (χ0n) is 29.3. The van der Waals surface area contributed by atoms with Gasteiger partial charge in [0, 0.05) is 38.2 Å². The second-order valence-electron chi connectivity index (χ2n) is 13.9. The number of para-hydroxylation sites is 3. The molecule has 0 radical (unpaired) electrons. The highest BCUT2D eigenvalue weighted by Gasteiger charge is 2.18. The SMILES string of the molecule is c1ccc(-c2ccc(-c3cc(-c4cccc5oc6ccc(-c7ccc8c(c7)c7ccccc7n8-c7ccccc7)cc6c45)nc4ccccc34)cc2)cc1. The largest absolute Gasteiger partial charge is 0.456 e. The number of rotatable bonds is 5. The van der Waals surface area contributed by atoms with Crippen LogP contribution >= 0.6 is 0 Å². The lowest BCUT2D eigenvalue weighted by molar-refractivity contribution is 0.669. The fourth-order valence-electron chi connectivity index (χ4n) is 8.25. The Kier molecular flexibility index (Phi) is 6.86. The van der Waals surface area contributed by atoms with Crippen LogP contribution in [0.1, 0.15) is 0 Å². The summed E-state index contributed by atoms with van der Waals surface area (Å²) in [6.07, 6.45) is 0. The van der Waals surface area contributed by atoms with E-state index in [1.807, 2.05) is 0 Å². The summed E-state index contributed by atoms with van der Waals surface area (Å²) >= 11 is 0. The molecule has 3 heterocycles. The fraction of sp³-hybridized carbons (Fsp3) is 0. The van der Waals surface area contributed by atoms with Crippen molar-refractivity contribution in [2.45, 2.75) is 0 Å². The van der Waals surface area contributed by atoms with Gasteiger partial charge in [-0.05, 0) is 94.0 Å². The van der Waals surface area contributed by atoms with E-state index in [-0.39, 0.29) is 0 Å². The lowest BCUT2D eigenvalue weighted by atomic mass is 9.94. The van der Waals surface area contributed by atoms with Crippen molar-refractivity contribution in [3.8, 4) is 50.3 Å². The first kappa shape index (κ1) is 30.4. The maximum atomic E-state index is 6.51. The van der Waals surface area contributed by atoms with E-state index in [9.17, 15) is 0 Å². The molecule has 0 spiro atoms. The molecule has 0 aliphatic heterocycles. The van der Waals surface area contributed by atoms with E-state index in [0.717, 1.165) is 72.0 Å². The lowest BCUT2D eigenvalue weighted by Crippen LogP contribution is -1.92. The van der Waals surface area contributed by atoms with Crippen LogP contribution in [-0.4, -0.2) is 9.55 Å². The number of aromatic nitrogens is 2. The summed E-state index contributed by atoms with van der Waals surface area (Å²) in [7, 11) is 0. The van der Waals surface area contributed by atoms with Crippen LogP contribution in [-0.2, 0) is 0 Å². The van der Waals surface area contributed by atoms with Gasteiger partial charge in [-0.1, -0.05) is 133 Å².